The molecule has 0 spiro atoms. The fourth-order valence-corrected chi connectivity index (χ4v) is 4.35. The summed E-state index contributed by atoms with van der Waals surface area (Å²) in [6.45, 7) is 6.64. The Morgan fingerprint density at radius 1 is 0.625 bits per heavy atom. The first kappa shape index (κ1) is 22.3. The quantitative estimate of drug-likeness (QED) is 0.246. The molecule has 0 fully saturated rings. The van der Waals surface area contributed by atoms with Crippen LogP contribution in [0.2, 0.25) is 0 Å². The summed E-state index contributed by atoms with van der Waals surface area (Å²) in [5.41, 5.74) is 9.96. The molecule has 164 valence electrons. The number of nitrogens with zero attached hydrogens (tertiary/aromatic N) is 1. The molecule has 3 aromatic carbocycles. The maximum absolute atomic E-state index is 5.05. The Hall–Kier alpha value is -2.93. The van der Waals surface area contributed by atoms with Gasteiger partial charge in [0.1, 0.15) is 0 Å². The lowest BCUT2D eigenvalue weighted by Crippen LogP contribution is -1.93. The molecule has 0 aliphatic heterocycles. The van der Waals surface area contributed by atoms with Crippen molar-refractivity contribution >= 4 is 10.9 Å². The van der Waals surface area contributed by atoms with Gasteiger partial charge in [0.05, 0.1) is 11.2 Å². The third kappa shape index (κ3) is 5.27. The van der Waals surface area contributed by atoms with E-state index in [2.05, 4.69) is 93.6 Å². The van der Waals surface area contributed by atoms with Crippen LogP contribution in [-0.2, 0) is 12.8 Å². The van der Waals surface area contributed by atoms with Gasteiger partial charge in [-0.05, 0) is 73.1 Å². The van der Waals surface area contributed by atoms with E-state index >= 15 is 0 Å². The second-order valence-corrected chi connectivity index (χ2v) is 9.03. The van der Waals surface area contributed by atoms with Crippen molar-refractivity contribution in [2.24, 2.45) is 0 Å². The Bertz CT molecular complexity index is 1150. The Balaban J connectivity index is 1.78. The van der Waals surface area contributed by atoms with Crippen LogP contribution in [0.5, 0.6) is 0 Å². The molecule has 32 heavy (non-hydrogen) atoms. The topological polar surface area (TPSA) is 12.9 Å². The van der Waals surface area contributed by atoms with Gasteiger partial charge in [-0.25, -0.2) is 4.98 Å². The fourth-order valence-electron chi connectivity index (χ4n) is 4.35. The minimum absolute atomic E-state index is 1.04. The third-order valence-electron chi connectivity index (χ3n) is 6.37. The minimum Gasteiger partial charge on any atom is -0.248 e. The zero-order valence-corrected chi connectivity index (χ0v) is 19.8. The SMILES string of the molecule is CCCCCc1ccc(-c2cc(-c3ccc(C)cc3)nc3ccc(CCCC)cc23)cc1. The number of hydrogen-bond acceptors (Lipinski definition) is 1. The van der Waals surface area contributed by atoms with Gasteiger partial charge >= 0.3 is 0 Å². The molecule has 0 aliphatic rings. The predicted octanol–water partition coefficient (Wildman–Crippen LogP) is 8.95. The minimum atomic E-state index is 1.04. The molecule has 0 unspecified atom stereocenters. The van der Waals surface area contributed by atoms with Crippen LogP contribution in [0.1, 0.15) is 62.6 Å². The standard InChI is InChI=1S/C31H35N/c1-4-6-8-10-24-13-18-26(19-14-24)28-22-31(27-16-11-23(3)12-17-27)32-30-20-15-25(9-7-5-2)21-29(28)30/h11-22H,4-10H2,1-3H3. The van der Waals surface area contributed by atoms with Crippen LogP contribution < -0.4 is 0 Å². The molecule has 0 radical (unpaired) electrons. The number of unbranched alkanes of at least 4 members (excludes halogenated alkanes) is 3. The van der Waals surface area contributed by atoms with Gasteiger partial charge < -0.3 is 0 Å². The number of hydrogen-bond donors (Lipinski definition) is 0. The maximum Gasteiger partial charge on any atom is 0.0715 e. The highest BCUT2D eigenvalue weighted by Gasteiger charge is 2.11. The molecule has 1 aromatic heterocycles. The van der Waals surface area contributed by atoms with E-state index in [0.717, 1.165) is 17.6 Å². The van der Waals surface area contributed by atoms with Gasteiger partial charge in [-0.2, -0.15) is 0 Å². The number of rotatable bonds is 9. The highest BCUT2D eigenvalue weighted by Crippen LogP contribution is 2.33. The van der Waals surface area contributed by atoms with Crippen molar-refractivity contribution in [3.8, 4) is 22.4 Å². The Morgan fingerprint density at radius 2 is 1.28 bits per heavy atom. The molecule has 1 nitrogen and oxygen atoms in total. The lowest BCUT2D eigenvalue weighted by molar-refractivity contribution is 0.717. The number of pyridine rings is 1. The van der Waals surface area contributed by atoms with Gasteiger partial charge in [0.15, 0.2) is 0 Å². The summed E-state index contributed by atoms with van der Waals surface area (Å²) in [6.07, 6.45) is 8.58. The van der Waals surface area contributed by atoms with Crippen LogP contribution in [0.3, 0.4) is 0 Å². The Kier molecular flexibility index (Phi) is 7.37. The van der Waals surface area contributed by atoms with Gasteiger partial charge in [0, 0.05) is 10.9 Å². The van der Waals surface area contributed by atoms with E-state index in [1.165, 1.54) is 77.3 Å². The number of aromatic nitrogens is 1. The summed E-state index contributed by atoms with van der Waals surface area (Å²) in [5.74, 6) is 0. The van der Waals surface area contributed by atoms with Crippen molar-refractivity contribution in [3.05, 3.63) is 89.5 Å². The Labute approximate surface area is 193 Å². The van der Waals surface area contributed by atoms with Crippen molar-refractivity contribution < 1.29 is 0 Å². The van der Waals surface area contributed by atoms with Crippen molar-refractivity contribution in [2.75, 3.05) is 0 Å². The van der Waals surface area contributed by atoms with Gasteiger partial charge in [0.2, 0.25) is 0 Å². The summed E-state index contributed by atoms with van der Waals surface area (Å²) in [7, 11) is 0. The number of aryl methyl sites for hydroxylation is 3. The molecule has 4 rings (SSSR count). The van der Waals surface area contributed by atoms with E-state index in [9.17, 15) is 0 Å². The van der Waals surface area contributed by atoms with E-state index in [0.29, 0.717) is 0 Å². The van der Waals surface area contributed by atoms with Crippen molar-refractivity contribution in [3.63, 3.8) is 0 Å². The summed E-state index contributed by atoms with van der Waals surface area (Å²) >= 11 is 0. The average Bonchev–Trinajstić information content (AvgIpc) is 2.83. The predicted molar refractivity (Wildman–Crippen MR) is 139 cm³/mol. The van der Waals surface area contributed by atoms with Crippen LogP contribution >= 0.6 is 0 Å². The van der Waals surface area contributed by atoms with E-state index in [1.807, 2.05) is 0 Å². The molecule has 0 saturated carbocycles. The fraction of sp³-hybridized carbons (Fsp3) is 0.323. The summed E-state index contributed by atoms with van der Waals surface area (Å²) in [5, 5.41) is 1.26. The highest BCUT2D eigenvalue weighted by molar-refractivity contribution is 5.97. The Morgan fingerprint density at radius 3 is 2.00 bits per heavy atom. The average molecular weight is 422 g/mol. The lowest BCUT2D eigenvalue weighted by Gasteiger charge is -2.13. The first-order valence-corrected chi connectivity index (χ1v) is 12.3. The first-order valence-electron chi connectivity index (χ1n) is 12.3. The summed E-state index contributed by atoms with van der Waals surface area (Å²) < 4.78 is 0. The van der Waals surface area contributed by atoms with Crippen LogP contribution in [-0.4, -0.2) is 4.98 Å². The second kappa shape index (κ2) is 10.6. The maximum atomic E-state index is 5.05. The summed E-state index contributed by atoms with van der Waals surface area (Å²) in [4.78, 5) is 5.05. The molecule has 0 saturated heterocycles. The van der Waals surface area contributed by atoms with Crippen LogP contribution in [0, 0.1) is 6.92 Å². The lowest BCUT2D eigenvalue weighted by atomic mass is 9.95. The van der Waals surface area contributed by atoms with Crippen LogP contribution in [0.4, 0.5) is 0 Å². The molecule has 0 bridgehead atoms. The van der Waals surface area contributed by atoms with E-state index in [1.54, 1.807) is 0 Å². The first-order chi connectivity index (χ1) is 15.7. The van der Waals surface area contributed by atoms with E-state index < -0.39 is 0 Å². The van der Waals surface area contributed by atoms with Crippen molar-refractivity contribution in [1.29, 1.82) is 0 Å². The largest absolute Gasteiger partial charge is 0.248 e. The molecule has 1 heterocycles. The zero-order valence-electron chi connectivity index (χ0n) is 19.8. The van der Waals surface area contributed by atoms with E-state index in [4.69, 9.17) is 4.98 Å². The molecular formula is C31H35N. The van der Waals surface area contributed by atoms with Gasteiger partial charge in [0.25, 0.3) is 0 Å². The van der Waals surface area contributed by atoms with Gasteiger partial charge in [-0.15, -0.1) is 0 Å². The summed E-state index contributed by atoms with van der Waals surface area (Å²) in [6, 6.07) is 27.0. The van der Waals surface area contributed by atoms with Crippen molar-refractivity contribution in [1.82, 2.24) is 4.98 Å². The van der Waals surface area contributed by atoms with Gasteiger partial charge in [-0.3, -0.25) is 0 Å². The molecule has 4 aromatic rings. The van der Waals surface area contributed by atoms with E-state index in [-0.39, 0.29) is 0 Å². The third-order valence-corrected chi connectivity index (χ3v) is 6.37. The monoisotopic (exact) mass is 421 g/mol. The smallest absolute Gasteiger partial charge is 0.0715 e. The molecule has 1 heteroatoms. The second-order valence-electron chi connectivity index (χ2n) is 9.03. The van der Waals surface area contributed by atoms with Gasteiger partial charge in [-0.1, -0.05) is 93.3 Å². The number of fused-ring (bicyclic) bond motifs is 1. The molecule has 0 atom stereocenters. The molecule has 0 aliphatic carbocycles. The highest BCUT2D eigenvalue weighted by atomic mass is 14.7. The van der Waals surface area contributed by atoms with Crippen molar-refractivity contribution in [2.45, 2.75) is 65.7 Å². The zero-order chi connectivity index (χ0) is 22.3. The molecule has 0 N–H and O–H groups in total. The molecular weight excluding hydrogens is 386 g/mol. The molecule has 0 amide bonds. The van der Waals surface area contributed by atoms with Crippen LogP contribution in [0.25, 0.3) is 33.3 Å². The number of benzene rings is 3. The van der Waals surface area contributed by atoms with Crippen LogP contribution in [0.15, 0.2) is 72.8 Å². The normalized spacial score (nSPS) is 11.2.